The molecule has 6 nitrogen and oxygen atoms in total. The minimum atomic E-state index is -0.648. The van der Waals surface area contributed by atoms with Crippen molar-refractivity contribution >= 4 is 11.7 Å². The van der Waals surface area contributed by atoms with Crippen molar-refractivity contribution in [3.8, 4) is 0 Å². The number of nitrogens with one attached hydrogen (secondary N) is 2. The van der Waals surface area contributed by atoms with Crippen molar-refractivity contribution in [2.45, 2.75) is 18.5 Å². The first-order chi connectivity index (χ1) is 12.1. The van der Waals surface area contributed by atoms with E-state index < -0.39 is 11.7 Å². The van der Waals surface area contributed by atoms with Gasteiger partial charge in [-0.3, -0.25) is 15.0 Å². The van der Waals surface area contributed by atoms with Crippen LogP contribution in [0.3, 0.4) is 0 Å². The van der Waals surface area contributed by atoms with Crippen LogP contribution in [-0.4, -0.2) is 35.7 Å². The number of carbonyl (C=O) groups is 2. The first-order valence-corrected chi connectivity index (χ1v) is 8.27. The van der Waals surface area contributed by atoms with Crippen molar-refractivity contribution in [2.24, 2.45) is 5.92 Å². The number of rotatable bonds is 3. The fraction of sp³-hybridized carbons (Fsp3) is 0.333. The minimum Gasteiger partial charge on any atom is -0.461 e. The summed E-state index contributed by atoms with van der Waals surface area (Å²) in [6, 6.07) is 9.55. The molecule has 4 rings (SSSR count). The summed E-state index contributed by atoms with van der Waals surface area (Å²) in [6.45, 7) is 0.861. The topological polar surface area (TPSA) is 74.6 Å². The molecule has 25 heavy (non-hydrogen) atoms. The summed E-state index contributed by atoms with van der Waals surface area (Å²) in [4.78, 5) is 26.3. The maximum atomic E-state index is 14.2. The van der Waals surface area contributed by atoms with Crippen LogP contribution in [0, 0.1) is 11.7 Å². The molecule has 1 amide bonds. The van der Waals surface area contributed by atoms with Gasteiger partial charge in [0.2, 0.25) is 0 Å². The molecular weight excluding hydrogens is 325 g/mol. The van der Waals surface area contributed by atoms with Crippen molar-refractivity contribution in [2.75, 3.05) is 13.1 Å². The first kappa shape index (κ1) is 16.0. The molecule has 3 atom stereocenters. The van der Waals surface area contributed by atoms with Gasteiger partial charge in [0.1, 0.15) is 5.82 Å². The molecule has 3 heterocycles. The fourth-order valence-electron chi connectivity index (χ4n) is 3.68. The zero-order chi connectivity index (χ0) is 17.4. The number of carbonyl (C=O) groups excluding carboxylic acids is 2. The molecule has 2 aliphatic rings. The van der Waals surface area contributed by atoms with Crippen LogP contribution in [0.4, 0.5) is 4.39 Å². The van der Waals surface area contributed by atoms with Crippen LogP contribution in [0.1, 0.15) is 28.6 Å². The molecule has 7 heteroatoms. The van der Waals surface area contributed by atoms with Gasteiger partial charge < -0.3 is 9.32 Å². The third-order valence-electron chi connectivity index (χ3n) is 4.98. The summed E-state index contributed by atoms with van der Waals surface area (Å²) in [5, 5.41) is 0. The van der Waals surface area contributed by atoms with Crippen LogP contribution in [0.25, 0.3) is 0 Å². The second-order valence-electron chi connectivity index (χ2n) is 6.40. The Kier molecular flexibility index (Phi) is 4.10. The Labute approximate surface area is 144 Å². The Balaban J connectivity index is 1.53. The molecule has 3 unspecified atom stereocenters. The number of furan rings is 1. The lowest BCUT2D eigenvalue weighted by molar-refractivity contribution is -0.128. The van der Waals surface area contributed by atoms with E-state index in [-0.39, 0.29) is 29.6 Å². The number of piperidine rings is 1. The highest BCUT2D eigenvalue weighted by molar-refractivity contribution is 6.41. The number of hydrazine groups is 1. The van der Waals surface area contributed by atoms with E-state index in [4.69, 9.17) is 4.42 Å². The number of amides is 1. The summed E-state index contributed by atoms with van der Waals surface area (Å²) in [5.74, 6) is -1.48. The summed E-state index contributed by atoms with van der Waals surface area (Å²) < 4.78 is 19.2. The van der Waals surface area contributed by atoms with E-state index in [1.165, 1.54) is 23.3 Å². The maximum Gasteiger partial charge on any atom is 0.298 e. The molecule has 2 aromatic rings. The van der Waals surface area contributed by atoms with Gasteiger partial charge in [-0.1, -0.05) is 18.2 Å². The minimum absolute atomic E-state index is 0.0148. The Bertz CT molecular complexity index is 793. The van der Waals surface area contributed by atoms with E-state index in [0.717, 1.165) is 0 Å². The van der Waals surface area contributed by atoms with Crippen LogP contribution in [0.2, 0.25) is 0 Å². The normalized spacial score (nSPS) is 25.6. The average molecular weight is 343 g/mol. The van der Waals surface area contributed by atoms with Gasteiger partial charge >= 0.3 is 0 Å². The number of benzene rings is 1. The molecule has 2 saturated heterocycles. The van der Waals surface area contributed by atoms with Gasteiger partial charge in [0.05, 0.1) is 12.3 Å². The monoisotopic (exact) mass is 343 g/mol. The number of fused-ring (bicyclic) bond motifs is 1. The maximum absolute atomic E-state index is 14.2. The Morgan fingerprint density at radius 1 is 1.16 bits per heavy atom. The number of halogens is 1. The van der Waals surface area contributed by atoms with Gasteiger partial charge in [-0.05, 0) is 24.6 Å². The Morgan fingerprint density at radius 2 is 2.00 bits per heavy atom. The second-order valence-corrected chi connectivity index (χ2v) is 6.40. The molecule has 0 radical (unpaired) electrons. The molecule has 0 spiro atoms. The van der Waals surface area contributed by atoms with Crippen LogP contribution in [0.5, 0.6) is 0 Å². The SMILES string of the molecule is O=C(C(=O)N1CCC2NNC(c3ccccc3F)C2C1)c1ccco1. The smallest absolute Gasteiger partial charge is 0.298 e. The molecule has 0 saturated carbocycles. The highest BCUT2D eigenvalue weighted by Crippen LogP contribution is 2.34. The van der Waals surface area contributed by atoms with Gasteiger partial charge in [-0.25, -0.2) is 9.82 Å². The summed E-state index contributed by atoms with van der Waals surface area (Å²) in [7, 11) is 0. The number of nitrogens with zero attached hydrogens (tertiary/aromatic N) is 1. The van der Waals surface area contributed by atoms with Crippen molar-refractivity contribution < 1.29 is 18.4 Å². The highest BCUT2D eigenvalue weighted by Gasteiger charge is 2.43. The molecule has 0 bridgehead atoms. The van der Waals surface area contributed by atoms with E-state index in [1.807, 2.05) is 0 Å². The van der Waals surface area contributed by atoms with Gasteiger partial charge in [0.25, 0.3) is 11.7 Å². The van der Waals surface area contributed by atoms with E-state index >= 15 is 0 Å². The Hall–Kier alpha value is -2.51. The van der Waals surface area contributed by atoms with E-state index in [0.29, 0.717) is 25.1 Å². The van der Waals surface area contributed by atoms with Crippen LogP contribution < -0.4 is 10.9 Å². The van der Waals surface area contributed by atoms with E-state index in [2.05, 4.69) is 10.9 Å². The van der Waals surface area contributed by atoms with Gasteiger partial charge in [0, 0.05) is 30.6 Å². The molecule has 0 aliphatic carbocycles. The lowest BCUT2D eigenvalue weighted by Crippen LogP contribution is -2.49. The highest BCUT2D eigenvalue weighted by atomic mass is 19.1. The van der Waals surface area contributed by atoms with E-state index in [1.54, 1.807) is 24.3 Å². The quantitative estimate of drug-likeness (QED) is 0.655. The summed E-state index contributed by atoms with van der Waals surface area (Å²) in [5.41, 5.74) is 6.90. The zero-order valence-corrected chi connectivity index (χ0v) is 13.4. The third kappa shape index (κ3) is 2.85. The second kappa shape index (κ2) is 6.42. The van der Waals surface area contributed by atoms with Gasteiger partial charge in [-0.15, -0.1) is 0 Å². The summed E-state index contributed by atoms with van der Waals surface area (Å²) >= 11 is 0. The predicted octanol–water partition coefficient (Wildman–Crippen LogP) is 1.67. The van der Waals surface area contributed by atoms with Crippen LogP contribution >= 0.6 is 0 Å². The first-order valence-electron chi connectivity index (χ1n) is 8.27. The van der Waals surface area contributed by atoms with Gasteiger partial charge in [0.15, 0.2) is 5.76 Å². The zero-order valence-electron chi connectivity index (χ0n) is 13.4. The largest absolute Gasteiger partial charge is 0.461 e. The predicted molar refractivity (Wildman–Crippen MR) is 86.9 cm³/mol. The third-order valence-corrected chi connectivity index (χ3v) is 4.98. The van der Waals surface area contributed by atoms with Crippen LogP contribution in [-0.2, 0) is 4.79 Å². The Morgan fingerprint density at radius 3 is 2.76 bits per heavy atom. The molecule has 1 aromatic carbocycles. The van der Waals surface area contributed by atoms with Crippen molar-refractivity contribution in [1.82, 2.24) is 15.8 Å². The standard InChI is InChI=1S/C18H18FN3O3/c19-13-5-2-1-4-11(13)16-12-10-22(8-7-14(12)20-21-16)18(24)17(23)15-6-3-9-25-15/h1-6,9,12,14,16,20-21H,7-8,10H2. The van der Waals surface area contributed by atoms with E-state index in [9.17, 15) is 14.0 Å². The number of likely N-dealkylation sites (tertiary alicyclic amines) is 1. The number of ketones is 1. The fourth-order valence-corrected chi connectivity index (χ4v) is 3.68. The number of hydrogen-bond acceptors (Lipinski definition) is 5. The molecular formula is C18H18FN3O3. The molecule has 130 valence electrons. The van der Waals surface area contributed by atoms with Crippen molar-refractivity contribution in [1.29, 1.82) is 0 Å². The lowest BCUT2D eigenvalue weighted by Gasteiger charge is -2.35. The van der Waals surface area contributed by atoms with Crippen molar-refractivity contribution in [3.63, 3.8) is 0 Å². The molecule has 2 N–H and O–H groups in total. The molecule has 2 fully saturated rings. The number of Topliss-reactive ketones (excluding diaryl/α,β-unsaturated/α-hetero) is 1. The number of hydrogen-bond donors (Lipinski definition) is 2. The summed E-state index contributed by atoms with van der Waals surface area (Å²) in [6.07, 6.45) is 2.06. The molecule has 1 aromatic heterocycles. The van der Waals surface area contributed by atoms with Gasteiger partial charge in [-0.2, -0.15) is 0 Å². The molecule has 2 aliphatic heterocycles. The average Bonchev–Trinajstić information content (AvgIpc) is 3.30. The lowest BCUT2D eigenvalue weighted by atomic mass is 9.84. The van der Waals surface area contributed by atoms with Crippen LogP contribution in [0.15, 0.2) is 47.1 Å². The van der Waals surface area contributed by atoms with Crippen molar-refractivity contribution in [3.05, 3.63) is 59.8 Å².